The quantitative estimate of drug-likeness (QED) is 0.915. The van der Waals surface area contributed by atoms with E-state index in [2.05, 4.69) is 17.3 Å². The molecule has 1 N–H and O–H groups in total. The van der Waals surface area contributed by atoms with Crippen LogP contribution in [0.5, 0.6) is 0 Å². The molecule has 0 amide bonds. The lowest BCUT2D eigenvalue weighted by Crippen LogP contribution is -2.22. The maximum atomic E-state index is 13.6. The fraction of sp³-hybridized carbons (Fsp3) is 0.400. The highest BCUT2D eigenvalue weighted by molar-refractivity contribution is 5.25. The van der Waals surface area contributed by atoms with Gasteiger partial charge in [0, 0.05) is 30.9 Å². The van der Waals surface area contributed by atoms with E-state index in [4.69, 9.17) is 0 Å². The lowest BCUT2D eigenvalue weighted by atomic mass is 10.0. The third-order valence-corrected chi connectivity index (χ3v) is 3.42. The normalized spacial score (nSPS) is 14.4. The molecular weight excluding hydrogens is 241 g/mol. The molecule has 4 heteroatoms. The molecule has 2 atom stereocenters. The van der Waals surface area contributed by atoms with Crippen LogP contribution in [0, 0.1) is 12.7 Å². The third-order valence-electron chi connectivity index (χ3n) is 3.42. The van der Waals surface area contributed by atoms with E-state index in [-0.39, 0.29) is 17.9 Å². The molecule has 0 saturated heterocycles. The Morgan fingerprint density at radius 2 is 1.89 bits per heavy atom. The van der Waals surface area contributed by atoms with Gasteiger partial charge in [0.25, 0.3) is 0 Å². The number of benzene rings is 1. The number of hydrogen-bond donors (Lipinski definition) is 1. The van der Waals surface area contributed by atoms with E-state index in [1.807, 2.05) is 38.5 Å². The summed E-state index contributed by atoms with van der Waals surface area (Å²) in [6, 6.07) is 5.64. The standard InChI is InChI=1S/C15H20FN3/c1-10-5-6-13(7-15(10)16)11(2)18-12(3)14-8-17-19(4)9-14/h5-9,11-12,18H,1-4H3. The number of hydrogen-bond acceptors (Lipinski definition) is 2. The molecule has 0 aliphatic heterocycles. The molecule has 0 radical (unpaired) electrons. The van der Waals surface area contributed by atoms with Gasteiger partial charge in [0.2, 0.25) is 0 Å². The molecule has 2 rings (SSSR count). The Morgan fingerprint density at radius 1 is 1.21 bits per heavy atom. The fourth-order valence-electron chi connectivity index (χ4n) is 2.11. The Kier molecular flexibility index (Phi) is 4.00. The zero-order valence-corrected chi connectivity index (χ0v) is 11.8. The maximum absolute atomic E-state index is 13.6. The van der Waals surface area contributed by atoms with Crippen LogP contribution in [0.25, 0.3) is 0 Å². The molecule has 0 saturated carbocycles. The van der Waals surface area contributed by atoms with Crippen LogP contribution in [-0.2, 0) is 7.05 Å². The largest absolute Gasteiger partial charge is 0.304 e. The average molecular weight is 261 g/mol. The highest BCUT2D eigenvalue weighted by Gasteiger charge is 2.13. The van der Waals surface area contributed by atoms with E-state index in [1.54, 1.807) is 17.7 Å². The van der Waals surface area contributed by atoms with Gasteiger partial charge in [-0.3, -0.25) is 4.68 Å². The van der Waals surface area contributed by atoms with Gasteiger partial charge >= 0.3 is 0 Å². The third kappa shape index (κ3) is 3.20. The van der Waals surface area contributed by atoms with Crippen molar-refractivity contribution < 1.29 is 4.39 Å². The fourth-order valence-corrected chi connectivity index (χ4v) is 2.11. The topological polar surface area (TPSA) is 29.9 Å². The van der Waals surface area contributed by atoms with Crippen LogP contribution in [0.15, 0.2) is 30.6 Å². The van der Waals surface area contributed by atoms with Crippen molar-refractivity contribution in [2.24, 2.45) is 7.05 Å². The molecule has 0 aliphatic carbocycles. The average Bonchev–Trinajstić information content (AvgIpc) is 2.79. The van der Waals surface area contributed by atoms with Crippen molar-refractivity contribution in [1.29, 1.82) is 0 Å². The molecule has 0 aliphatic rings. The Morgan fingerprint density at radius 3 is 2.47 bits per heavy atom. The van der Waals surface area contributed by atoms with Crippen LogP contribution in [0.2, 0.25) is 0 Å². The van der Waals surface area contributed by atoms with Crippen molar-refractivity contribution in [3.63, 3.8) is 0 Å². The number of aryl methyl sites for hydroxylation is 2. The van der Waals surface area contributed by atoms with E-state index in [0.29, 0.717) is 5.56 Å². The monoisotopic (exact) mass is 261 g/mol. The SMILES string of the molecule is Cc1ccc(C(C)NC(C)c2cnn(C)c2)cc1F. The second kappa shape index (κ2) is 5.53. The second-order valence-corrected chi connectivity index (χ2v) is 5.07. The van der Waals surface area contributed by atoms with Gasteiger partial charge in [-0.25, -0.2) is 4.39 Å². The van der Waals surface area contributed by atoms with E-state index < -0.39 is 0 Å². The molecule has 1 heterocycles. The number of aromatic nitrogens is 2. The van der Waals surface area contributed by atoms with Gasteiger partial charge in [0.05, 0.1) is 6.20 Å². The minimum absolute atomic E-state index is 0.0882. The highest BCUT2D eigenvalue weighted by atomic mass is 19.1. The van der Waals surface area contributed by atoms with Crippen molar-refractivity contribution in [2.45, 2.75) is 32.9 Å². The predicted octanol–water partition coefficient (Wildman–Crippen LogP) is 3.28. The first-order valence-electron chi connectivity index (χ1n) is 6.48. The summed E-state index contributed by atoms with van der Waals surface area (Å²) in [5.74, 6) is -0.153. The first-order chi connectivity index (χ1) is 8.97. The van der Waals surface area contributed by atoms with Gasteiger partial charge in [-0.2, -0.15) is 5.10 Å². The zero-order chi connectivity index (χ0) is 14.0. The zero-order valence-electron chi connectivity index (χ0n) is 11.8. The lowest BCUT2D eigenvalue weighted by molar-refractivity contribution is 0.491. The van der Waals surface area contributed by atoms with E-state index in [0.717, 1.165) is 11.1 Å². The van der Waals surface area contributed by atoms with Crippen LogP contribution in [-0.4, -0.2) is 9.78 Å². The van der Waals surface area contributed by atoms with E-state index in [1.165, 1.54) is 0 Å². The van der Waals surface area contributed by atoms with Crippen LogP contribution < -0.4 is 5.32 Å². The molecule has 0 fully saturated rings. The summed E-state index contributed by atoms with van der Waals surface area (Å²) in [5, 5.41) is 7.61. The molecule has 2 aromatic rings. The Bertz CT molecular complexity index is 562. The summed E-state index contributed by atoms with van der Waals surface area (Å²) < 4.78 is 15.3. The molecule has 3 nitrogen and oxygen atoms in total. The van der Waals surface area contributed by atoms with Gasteiger partial charge in [-0.1, -0.05) is 12.1 Å². The Balaban J connectivity index is 2.07. The van der Waals surface area contributed by atoms with E-state index in [9.17, 15) is 4.39 Å². The summed E-state index contributed by atoms with van der Waals surface area (Å²) in [6.07, 6.45) is 3.83. The first-order valence-corrected chi connectivity index (χ1v) is 6.48. The molecule has 0 spiro atoms. The minimum atomic E-state index is -0.153. The summed E-state index contributed by atoms with van der Waals surface area (Å²) in [4.78, 5) is 0. The van der Waals surface area contributed by atoms with Gasteiger partial charge < -0.3 is 5.32 Å². The molecule has 19 heavy (non-hydrogen) atoms. The van der Waals surface area contributed by atoms with Crippen molar-refractivity contribution >= 4 is 0 Å². The van der Waals surface area contributed by atoms with Gasteiger partial charge in [-0.15, -0.1) is 0 Å². The van der Waals surface area contributed by atoms with Crippen molar-refractivity contribution in [3.05, 3.63) is 53.1 Å². The maximum Gasteiger partial charge on any atom is 0.126 e. The van der Waals surface area contributed by atoms with Crippen LogP contribution in [0.4, 0.5) is 4.39 Å². The van der Waals surface area contributed by atoms with Crippen LogP contribution in [0.3, 0.4) is 0 Å². The Labute approximate surface area is 113 Å². The van der Waals surface area contributed by atoms with Crippen LogP contribution >= 0.6 is 0 Å². The minimum Gasteiger partial charge on any atom is -0.304 e. The smallest absolute Gasteiger partial charge is 0.126 e. The number of rotatable bonds is 4. The van der Waals surface area contributed by atoms with E-state index >= 15 is 0 Å². The molecule has 1 aromatic carbocycles. The summed E-state index contributed by atoms with van der Waals surface area (Å²) >= 11 is 0. The van der Waals surface area contributed by atoms with Gasteiger partial charge in [-0.05, 0) is 38.0 Å². The Hall–Kier alpha value is -1.68. The molecule has 2 unspecified atom stereocenters. The molecule has 102 valence electrons. The molecule has 0 bridgehead atoms. The van der Waals surface area contributed by atoms with Crippen molar-refractivity contribution in [2.75, 3.05) is 0 Å². The first kappa shape index (κ1) is 13.7. The molecular formula is C15H20FN3. The summed E-state index contributed by atoms with van der Waals surface area (Å²) in [7, 11) is 1.90. The second-order valence-electron chi connectivity index (χ2n) is 5.07. The number of halogens is 1. The number of nitrogens with zero attached hydrogens (tertiary/aromatic N) is 2. The summed E-state index contributed by atoms with van der Waals surface area (Å²) in [5.41, 5.74) is 2.76. The molecule has 1 aromatic heterocycles. The van der Waals surface area contributed by atoms with Gasteiger partial charge in [0.15, 0.2) is 0 Å². The number of nitrogens with one attached hydrogen (secondary N) is 1. The van der Waals surface area contributed by atoms with Gasteiger partial charge in [0.1, 0.15) is 5.82 Å². The highest BCUT2D eigenvalue weighted by Crippen LogP contribution is 2.20. The van der Waals surface area contributed by atoms with Crippen molar-refractivity contribution in [3.8, 4) is 0 Å². The lowest BCUT2D eigenvalue weighted by Gasteiger charge is -2.19. The summed E-state index contributed by atoms with van der Waals surface area (Å²) in [6.45, 7) is 5.89. The van der Waals surface area contributed by atoms with Crippen molar-refractivity contribution in [1.82, 2.24) is 15.1 Å². The van der Waals surface area contributed by atoms with Crippen LogP contribution in [0.1, 0.15) is 42.6 Å². The predicted molar refractivity (Wildman–Crippen MR) is 74.3 cm³/mol.